The van der Waals surface area contributed by atoms with E-state index in [0.29, 0.717) is 6.04 Å². The number of hydrogen-bond donors (Lipinski definition) is 3. The maximum absolute atomic E-state index is 3.55. The van der Waals surface area contributed by atoms with Gasteiger partial charge in [-0.25, -0.2) is 0 Å². The Morgan fingerprint density at radius 2 is 2.23 bits per heavy atom. The topological polar surface area (TPSA) is 39.9 Å². The van der Waals surface area contributed by atoms with Crippen LogP contribution in [-0.4, -0.2) is 24.1 Å². The van der Waals surface area contributed by atoms with Gasteiger partial charge in [0.15, 0.2) is 0 Å². The Morgan fingerprint density at radius 1 is 1.38 bits per heavy atom. The molecule has 0 atom stereocenters. The number of rotatable bonds is 3. The van der Waals surface area contributed by atoms with E-state index >= 15 is 0 Å². The quantitative estimate of drug-likeness (QED) is 0.644. The van der Waals surface area contributed by atoms with Gasteiger partial charge in [0.2, 0.25) is 0 Å². The highest BCUT2D eigenvalue weighted by Gasteiger charge is 2.11. The highest BCUT2D eigenvalue weighted by molar-refractivity contribution is 5.03. The summed E-state index contributed by atoms with van der Waals surface area (Å²) in [5.74, 6) is 0. The third kappa shape index (κ3) is 2.57. The molecule has 1 aliphatic heterocycles. The van der Waals surface area contributed by atoms with Gasteiger partial charge in [-0.1, -0.05) is 0 Å². The van der Waals surface area contributed by atoms with Gasteiger partial charge in [-0.05, 0) is 38.1 Å². The lowest BCUT2D eigenvalue weighted by Gasteiger charge is -2.23. The molecule has 3 N–H and O–H groups in total. The minimum atomic E-state index is 0.699. The van der Waals surface area contributed by atoms with E-state index in [4.69, 9.17) is 0 Å². The van der Waals surface area contributed by atoms with Crippen LogP contribution in [0.2, 0.25) is 0 Å². The van der Waals surface area contributed by atoms with E-state index in [1.54, 1.807) is 0 Å². The first-order valence-electron chi connectivity index (χ1n) is 5.01. The van der Waals surface area contributed by atoms with Crippen LogP contribution in [0, 0.1) is 0 Å². The maximum atomic E-state index is 3.55. The van der Waals surface area contributed by atoms with Gasteiger partial charge >= 0.3 is 0 Å². The van der Waals surface area contributed by atoms with Gasteiger partial charge in [0.1, 0.15) is 0 Å². The van der Waals surface area contributed by atoms with Gasteiger partial charge < -0.3 is 15.6 Å². The van der Waals surface area contributed by atoms with E-state index in [1.807, 2.05) is 12.3 Å². The monoisotopic (exact) mass is 179 g/mol. The van der Waals surface area contributed by atoms with Crippen LogP contribution in [0.25, 0.3) is 0 Å². The van der Waals surface area contributed by atoms with E-state index in [2.05, 4.69) is 21.7 Å². The van der Waals surface area contributed by atoms with Gasteiger partial charge in [-0.3, -0.25) is 0 Å². The summed E-state index contributed by atoms with van der Waals surface area (Å²) >= 11 is 0. The Kier molecular flexibility index (Phi) is 3.00. The molecule has 2 heterocycles. The van der Waals surface area contributed by atoms with Crippen LogP contribution in [0.15, 0.2) is 18.3 Å². The van der Waals surface area contributed by atoms with Crippen molar-refractivity contribution in [2.24, 2.45) is 0 Å². The van der Waals surface area contributed by atoms with Crippen molar-refractivity contribution in [1.82, 2.24) is 15.6 Å². The fourth-order valence-electron chi connectivity index (χ4n) is 1.76. The second-order valence-electron chi connectivity index (χ2n) is 3.60. The number of aromatic amines is 1. The minimum absolute atomic E-state index is 0.699. The summed E-state index contributed by atoms with van der Waals surface area (Å²) in [7, 11) is 0. The van der Waals surface area contributed by atoms with Gasteiger partial charge in [0.25, 0.3) is 0 Å². The summed E-state index contributed by atoms with van der Waals surface area (Å²) < 4.78 is 0. The molecule has 13 heavy (non-hydrogen) atoms. The molecular formula is C10H17N3. The fourth-order valence-corrected chi connectivity index (χ4v) is 1.76. The minimum Gasteiger partial charge on any atom is -0.364 e. The average molecular weight is 179 g/mol. The van der Waals surface area contributed by atoms with Gasteiger partial charge in [-0.2, -0.15) is 0 Å². The first-order chi connectivity index (χ1) is 6.45. The summed E-state index contributed by atoms with van der Waals surface area (Å²) in [5, 5.41) is 6.91. The Balaban J connectivity index is 1.72. The summed E-state index contributed by atoms with van der Waals surface area (Å²) in [6, 6.07) is 4.86. The molecule has 2 rings (SSSR count). The van der Waals surface area contributed by atoms with Crippen molar-refractivity contribution in [3.63, 3.8) is 0 Å². The van der Waals surface area contributed by atoms with E-state index in [1.165, 1.54) is 18.5 Å². The van der Waals surface area contributed by atoms with Crippen molar-refractivity contribution >= 4 is 0 Å². The number of aromatic nitrogens is 1. The lowest BCUT2D eigenvalue weighted by molar-refractivity contribution is 0.385. The molecule has 1 aromatic rings. The molecule has 1 aliphatic rings. The lowest BCUT2D eigenvalue weighted by Crippen LogP contribution is -2.39. The van der Waals surface area contributed by atoms with Crippen molar-refractivity contribution in [2.75, 3.05) is 13.1 Å². The zero-order chi connectivity index (χ0) is 8.93. The molecule has 1 aromatic heterocycles. The molecule has 0 amide bonds. The lowest BCUT2D eigenvalue weighted by atomic mass is 10.1. The predicted octanol–water partition coefficient (Wildman–Crippen LogP) is 0.856. The normalized spacial score (nSPS) is 19.1. The molecule has 0 saturated carbocycles. The van der Waals surface area contributed by atoms with Crippen LogP contribution in [-0.2, 0) is 6.54 Å². The van der Waals surface area contributed by atoms with E-state index in [9.17, 15) is 0 Å². The second-order valence-corrected chi connectivity index (χ2v) is 3.60. The Bertz CT molecular complexity index is 224. The van der Waals surface area contributed by atoms with Crippen LogP contribution < -0.4 is 10.6 Å². The van der Waals surface area contributed by atoms with Crippen molar-refractivity contribution in [3.05, 3.63) is 24.0 Å². The maximum Gasteiger partial charge on any atom is 0.0359 e. The van der Waals surface area contributed by atoms with Crippen LogP contribution in [0.5, 0.6) is 0 Å². The van der Waals surface area contributed by atoms with Gasteiger partial charge in [-0.15, -0.1) is 0 Å². The van der Waals surface area contributed by atoms with Gasteiger partial charge in [0, 0.05) is 24.5 Å². The van der Waals surface area contributed by atoms with Crippen LogP contribution in [0.1, 0.15) is 18.5 Å². The van der Waals surface area contributed by atoms with Crippen LogP contribution in [0.4, 0.5) is 0 Å². The highest BCUT2D eigenvalue weighted by Crippen LogP contribution is 2.03. The third-order valence-electron chi connectivity index (χ3n) is 2.58. The number of nitrogens with one attached hydrogen (secondary N) is 3. The molecule has 0 radical (unpaired) electrons. The molecule has 0 bridgehead atoms. The number of piperidine rings is 1. The summed E-state index contributed by atoms with van der Waals surface area (Å²) in [6.45, 7) is 3.28. The molecule has 0 aromatic carbocycles. The van der Waals surface area contributed by atoms with E-state index in [-0.39, 0.29) is 0 Å². The molecule has 3 heteroatoms. The number of H-pyrrole nitrogens is 1. The Hall–Kier alpha value is -0.800. The van der Waals surface area contributed by atoms with Gasteiger partial charge in [0.05, 0.1) is 0 Å². The zero-order valence-electron chi connectivity index (χ0n) is 7.84. The summed E-state index contributed by atoms with van der Waals surface area (Å²) in [4.78, 5) is 3.20. The number of hydrogen-bond acceptors (Lipinski definition) is 2. The molecule has 0 unspecified atom stereocenters. The van der Waals surface area contributed by atoms with Crippen LogP contribution in [0.3, 0.4) is 0 Å². The Labute approximate surface area is 78.9 Å². The average Bonchev–Trinajstić information content (AvgIpc) is 2.69. The summed E-state index contributed by atoms with van der Waals surface area (Å²) in [5.41, 5.74) is 1.28. The molecule has 0 spiro atoms. The van der Waals surface area contributed by atoms with Crippen molar-refractivity contribution in [3.8, 4) is 0 Å². The largest absolute Gasteiger partial charge is 0.364 e. The first-order valence-corrected chi connectivity index (χ1v) is 5.01. The zero-order valence-corrected chi connectivity index (χ0v) is 7.84. The Morgan fingerprint density at radius 3 is 2.92 bits per heavy atom. The van der Waals surface area contributed by atoms with Crippen molar-refractivity contribution in [1.29, 1.82) is 0 Å². The highest BCUT2D eigenvalue weighted by atomic mass is 15.0. The molecule has 0 aliphatic carbocycles. The third-order valence-corrected chi connectivity index (χ3v) is 2.58. The fraction of sp³-hybridized carbons (Fsp3) is 0.600. The molecule has 1 fully saturated rings. The van der Waals surface area contributed by atoms with Crippen molar-refractivity contribution in [2.45, 2.75) is 25.4 Å². The predicted molar refractivity (Wildman–Crippen MR) is 53.5 cm³/mol. The smallest absolute Gasteiger partial charge is 0.0359 e. The molecule has 72 valence electrons. The van der Waals surface area contributed by atoms with E-state index in [0.717, 1.165) is 19.6 Å². The van der Waals surface area contributed by atoms with Crippen LogP contribution >= 0.6 is 0 Å². The van der Waals surface area contributed by atoms with Crippen molar-refractivity contribution < 1.29 is 0 Å². The molecule has 3 nitrogen and oxygen atoms in total. The first kappa shape index (κ1) is 8.78. The summed E-state index contributed by atoms with van der Waals surface area (Å²) in [6.07, 6.45) is 4.47. The molecular weight excluding hydrogens is 162 g/mol. The van der Waals surface area contributed by atoms with E-state index < -0.39 is 0 Å². The standard InChI is InChI=1S/C10H17N3/c1-2-10(12-5-1)8-13-9-3-6-11-7-4-9/h1-2,5,9,11-13H,3-4,6-8H2. The second kappa shape index (κ2) is 4.44. The SMILES string of the molecule is c1c[nH]c(CNC2CCNCC2)c1. The molecule has 1 saturated heterocycles.